The first kappa shape index (κ1) is 8.96. The average molecular weight is 205 g/mol. The Kier molecular flexibility index (Phi) is 2.32. The maximum atomic E-state index is 11.2. The van der Waals surface area contributed by atoms with Crippen LogP contribution < -0.4 is 5.73 Å². The smallest absolute Gasteiger partial charge is 0.286 e. The molecule has 0 unspecified atom stereocenters. The number of carbonyl (C=O) groups is 1. The van der Waals surface area contributed by atoms with Crippen molar-refractivity contribution < 1.29 is 4.79 Å². The molecular weight excluding hydrogens is 198 g/mol. The van der Waals surface area contributed by atoms with Crippen molar-refractivity contribution in [3.05, 3.63) is 35.0 Å². The van der Waals surface area contributed by atoms with Gasteiger partial charge in [-0.25, -0.2) is 0 Å². The normalized spacial score (nSPS) is 18.7. The van der Waals surface area contributed by atoms with Crippen LogP contribution in [0.1, 0.15) is 5.56 Å². The summed E-state index contributed by atoms with van der Waals surface area (Å²) < 4.78 is 0. The van der Waals surface area contributed by atoms with Crippen LogP contribution in [-0.4, -0.2) is 16.1 Å². The molecule has 4 nitrogen and oxygen atoms in total. The van der Waals surface area contributed by atoms with Gasteiger partial charge < -0.3 is 5.73 Å². The van der Waals surface area contributed by atoms with Crippen molar-refractivity contribution in [1.29, 1.82) is 0 Å². The van der Waals surface area contributed by atoms with E-state index in [-0.39, 0.29) is 5.91 Å². The third-order valence-corrected chi connectivity index (χ3v) is 2.45. The second kappa shape index (κ2) is 3.63. The van der Waals surface area contributed by atoms with Crippen molar-refractivity contribution in [2.75, 3.05) is 0 Å². The predicted octanol–water partition coefficient (Wildman–Crippen LogP) is 1.01. The number of rotatable bonds is 1. The van der Waals surface area contributed by atoms with Crippen molar-refractivity contribution in [2.24, 2.45) is 10.7 Å². The van der Waals surface area contributed by atoms with Gasteiger partial charge in [-0.05, 0) is 35.5 Å². The lowest BCUT2D eigenvalue weighted by molar-refractivity contribution is -0.113. The minimum Gasteiger partial charge on any atom is -0.378 e. The Morgan fingerprint density at radius 1 is 1.36 bits per heavy atom. The maximum absolute atomic E-state index is 11.2. The van der Waals surface area contributed by atoms with E-state index in [1.807, 2.05) is 12.1 Å². The molecule has 14 heavy (non-hydrogen) atoms. The molecule has 0 aliphatic carbocycles. The predicted molar refractivity (Wildman–Crippen MR) is 56.4 cm³/mol. The number of hydrogen-bond donors (Lipinski definition) is 1. The fourth-order valence-corrected chi connectivity index (χ4v) is 1.72. The van der Waals surface area contributed by atoms with Gasteiger partial charge in [0.15, 0.2) is 5.17 Å². The van der Waals surface area contributed by atoms with Gasteiger partial charge in [-0.1, -0.05) is 0 Å². The molecule has 0 bridgehead atoms. The number of nitrogens with zero attached hydrogens (tertiary/aromatic N) is 2. The average Bonchev–Trinajstić information content (AvgIpc) is 2.47. The zero-order chi connectivity index (χ0) is 9.97. The molecule has 0 spiro atoms. The lowest BCUT2D eigenvalue weighted by Gasteiger charge is -1.93. The van der Waals surface area contributed by atoms with E-state index >= 15 is 0 Å². The standard InChI is InChI=1S/C9H7N3OS/c10-9-12-8(13)7(14-9)5-6-1-3-11-4-2-6/h1-5H,(H2,10,12,13). The molecular formula is C9H7N3OS. The Hall–Kier alpha value is -1.62. The third kappa shape index (κ3) is 1.82. The van der Waals surface area contributed by atoms with Crippen molar-refractivity contribution in [3.8, 4) is 0 Å². The van der Waals surface area contributed by atoms with Crippen LogP contribution in [0.5, 0.6) is 0 Å². The van der Waals surface area contributed by atoms with Gasteiger partial charge in [0.1, 0.15) is 0 Å². The van der Waals surface area contributed by atoms with Gasteiger partial charge in [-0.2, -0.15) is 4.99 Å². The van der Waals surface area contributed by atoms with Crippen LogP contribution >= 0.6 is 11.8 Å². The fraction of sp³-hybridized carbons (Fsp3) is 0. The van der Waals surface area contributed by atoms with Crippen LogP contribution in [0.4, 0.5) is 0 Å². The van der Waals surface area contributed by atoms with Gasteiger partial charge in [0.2, 0.25) is 0 Å². The summed E-state index contributed by atoms with van der Waals surface area (Å²) in [4.78, 5) is 19.2. The van der Waals surface area contributed by atoms with Gasteiger partial charge in [0.25, 0.3) is 5.91 Å². The van der Waals surface area contributed by atoms with Gasteiger partial charge in [-0.15, -0.1) is 0 Å². The molecule has 0 radical (unpaired) electrons. The van der Waals surface area contributed by atoms with E-state index in [1.54, 1.807) is 18.5 Å². The highest BCUT2D eigenvalue weighted by Crippen LogP contribution is 2.25. The molecule has 1 aliphatic rings. The molecule has 1 aliphatic heterocycles. The topological polar surface area (TPSA) is 68.3 Å². The van der Waals surface area contributed by atoms with Crippen LogP contribution in [0.2, 0.25) is 0 Å². The Balaban J connectivity index is 2.26. The number of aliphatic imine (C=N–C) groups is 1. The fourth-order valence-electron chi connectivity index (χ4n) is 1.04. The molecule has 2 rings (SSSR count). The molecule has 70 valence electrons. The largest absolute Gasteiger partial charge is 0.378 e. The van der Waals surface area contributed by atoms with Crippen LogP contribution in [0, 0.1) is 0 Å². The molecule has 0 aromatic carbocycles. The van der Waals surface area contributed by atoms with E-state index in [1.165, 1.54) is 11.8 Å². The van der Waals surface area contributed by atoms with Crippen molar-refractivity contribution in [3.63, 3.8) is 0 Å². The summed E-state index contributed by atoms with van der Waals surface area (Å²) >= 11 is 1.19. The Bertz CT molecular complexity index is 425. The highest BCUT2D eigenvalue weighted by Gasteiger charge is 2.18. The highest BCUT2D eigenvalue weighted by atomic mass is 32.2. The Labute approximate surface area is 84.9 Å². The molecule has 0 saturated carbocycles. The summed E-state index contributed by atoms with van der Waals surface area (Å²) in [5.74, 6) is -0.274. The van der Waals surface area contributed by atoms with Gasteiger partial charge in [0, 0.05) is 12.4 Å². The summed E-state index contributed by atoms with van der Waals surface area (Å²) in [6, 6.07) is 3.63. The number of thioether (sulfide) groups is 1. The number of nitrogens with two attached hydrogens (primary N) is 1. The lowest BCUT2D eigenvalue weighted by atomic mass is 10.2. The summed E-state index contributed by atoms with van der Waals surface area (Å²) in [6.07, 6.45) is 5.08. The highest BCUT2D eigenvalue weighted by molar-refractivity contribution is 8.18. The van der Waals surface area contributed by atoms with Crippen molar-refractivity contribution >= 4 is 28.9 Å². The van der Waals surface area contributed by atoms with Gasteiger partial charge >= 0.3 is 0 Å². The zero-order valence-electron chi connectivity index (χ0n) is 7.18. The molecule has 0 saturated heterocycles. The van der Waals surface area contributed by atoms with E-state index < -0.39 is 0 Å². The van der Waals surface area contributed by atoms with Crippen molar-refractivity contribution in [2.45, 2.75) is 0 Å². The molecule has 5 heteroatoms. The lowest BCUT2D eigenvalue weighted by Crippen LogP contribution is -2.01. The van der Waals surface area contributed by atoms with Gasteiger partial charge in [0.05, 0.1) is 4.91 Å². The molecule has 0 fully saturated rings. The quantitative estimate of drug-likeness (QED) is 0.695. The first-order valence-electron chi connectivity index (χ1n) is 3.94. The van der Waals surface area contributed by atoms with E-state index in [0.717, 1.165) is 5.56 Å². The number of amidine groups is 1. The number of hydrogen-bond acceptors (Lipinski definition) is 4. The number of aromatic nitrogens is 1. The minimum atomic E-state index is -0.274. The maximum Gasteiger partial charge on any atom is 0.286 e. The summed E-state index contributed by atoms with van der Waals surface area (Å²) in [7, 11) is 0. The molecule has 1 aromatic heterocycles. The number of carbonyl (C=O) groups excluding carboxylic acids is 1. The summed E-state index contributed by atoms with van der Waals surface area (Å²) in [5, 5.41) is 0.301. The molecule has 0 atom stereocenters. The van der Waals surface area contributed by atoms with Crippen LogP contribution in [0.15, 0.2) is 34.4 Å². The molecule has 2 heterocycles. The van der Waals surface area contributed by atoms with Crippen LogP contribution in [0.3, 0.4) is 0 Å². The van der Waals surface area contributed by atoms with Crippen LogP contribution in [-0.2, 0) is 4.79 Å². The second-order valence-corrected chi connectivity index (χ2v) is 3.71. The van der Waals surface area contributed by atoms with E-state index in [4.69, 9.17) is 5.73 Å². The van der Waals surface area contributed by atoms with Crippen LogP contribution in [0.25, 0.3) is 6.08 Å². The summed E-state index contributed by atoms with van der Waals surface area (Å²) in [6.45, 7) is 0. The monoisotopic (exact) mass is 205 g/mol. The third-order valence-electron chi connectivity index (χ3n) is 1.64. The Morgan fingerprint density at radius 2 is 2.07 bits per heavy atom. The van der Waals surface area contributed by atoms with E-state index in [0.29, 0.717) is 10.1 Å². The van der Waals surface area contributed by atoms with E-state index in [2.05, 4.69) is 9.98 Å². The van der Waals surface area contributed by atoms with E-state index in [9.17, 15) is 4.79 Å². The van der Waals surface area contributed by atoms with Gasteiger partial charge in [-0.3, -0.25) is 9.78 Å². The molecule has 1 amide bonds. The minimum absolute atomic E-state index is 0.274. The number of pyridine rings is 1. The molecule has 2 N–H and O–H groups in total. The first-order chi connectivity index (χ1) is 6.75. The second-order valence-electron chi connectivity index (χ2n) is 2.65. The Morgan fingerprint density at radius 3 is 2.64 bits per heavy atom. The molecule has 1 aromatic rings. The van der Waals surface area contributed by atoms with Crippen molar-refractivity contribution in [1.82, 2.24) is 4.98 Å². The zero-order valence-corrected chi connectivity index (χ0v) is 7.99. The number of amides is 1. The SMILES string of the molecule is NC1=NC(=O)C(=Cc2ccncc2)S1. The first-order valence-corrected chi connectivity index (χ1v) is 4.75. The summed E-state index contributed by atoms with van der Waals surface area (Å²) in [5.41, 5.74) is 6.33.